The van der Waals surface area contributed by atoms with Gasteiger partial charge in [0.1, 0.15) is 11.6 Å². The molecule has 0 aromatic heterocycles. The average Bonchev–Trinajstić information content (AvgIpc) is 2.75. The normalized spacial score (nSPS) is 18.0. The van der Waals surface area contributed by atoms with Gasteiger partial charge in [0.2, 0.25) is 0 Å². The molecule has 0 spiro atoms. The maximum Gasteiger partial charge on any atom is 0.315 e. The molecule has 0 bridgehead atoms. The third-order valence-corrected chi connectivity index (χ3v) is 4.34. The zero-order valence-corrected chi connectivity index (χ0v) is 14.2. The topological polar surface area (TPSA) is 70.6 Å². The Labute approximate surface area is 142 Å². The Hall–Kier alpha value is -1.82. The number of urea groups is 1. The molecule has 0 aliphatic carbocycles. The van der Waals surface area contributed by atoms with Crippen LogP contribution in [0.25, 0.3) is 0 Å². The van der Waals surface area contributed by atoms with E-state index in [4.69, 9.17) is 9.84 Å². The number of ether oxygens (including phenoxy) is 1. The Morgan fingerprint density at radius 2 is 2.29 bits per heavy atom. The fourth-order valence-electron chi connectivity index (χ4n) is 3.08. The fraction of sp³-hybridized carbons (Fsp3) is 0.611. The number of hydrogen-bond donors (Lipinski definition) is 3. The third kappa shape index (κ3) is 5.37. The summed E-state index contributed by atoms with van der Waals surface area (Å²) in [5.74, 6) is 0.441. The van der Waals surface area contributed by atoms with Crippen LogP contribution in [0.5, 0.6) is 5.75 Å². The first-order valence-corrected chi connectivity index (χ1v) is 8.71. The molecule has 3 N–H and O–H groups in total. The summed E-state index contributed by atoms with van der Waals surface area (Å²) < 4.78 is 18.9. The molecular formula is C18H27FN2O3. The van der Waals surface area contributed by atoms with Crippen LogP contribution in [0.4, 0.5) is 9.18 Å². The standard InChI is InChI=1S/C18H27FN2O3/c1-2-4-13(8-9-22)12-20-18(23)21-16-5-3-10-24-17-11-14(19)6-7-15(16)17/h6-7,11,13,16,22H,2-5,8-10,12H2,1H3,(H2,20,21,23). The number of amides is 2. The van der Waals surface area contributed by atoms with Gasteiger partial charge in [0, 0.05) is 24.8 Å². The van der Waals surface area contributed by atoms with Crippen molar-refractivity contribution in [2.24, 2.45) is 5.92 Å². The molecule has 0 saturated carbocycles. The Kier molecular flexibility index (Phi) is 7.31. The molecule has 2 amide bonds. The molecule has 2 unspecified atom stereocenters. The highest BCUT2D eigenvalue weighted by Crippen LogP contribution is 2.31. The molecule has 0 fully saturated rings. The van der Waals surface area contributed by atoms with Gasteiger partial charge in [-0.2, -0.15) is 0 Å². The van der Waals surface area contributed by atoms with E-state index in [1.807, 2.05) is 0 Å². The number of benzene rings is 1. The zero-order chi connectivity index (χ0) is 17.4. The van der Waals surface area contributed by atoms with Crippen LogP contribution in [-0.2, 0) is 0 Å². The minimum Gasteiger partial charge on any atom is -0.493 e. The van der Waals surface area contributed by atoms with Gasteiger partial charge in [-0.25, -0.2) is 9.18 Å². The number of carbonyl (C=O) groups is 1. The summed E-state index contributed by atoms with van der Waals surface area (Å²) in [6.45, 7) is 3.28. The molecule has 1 aliphatic rings. The number of fused-ring (bicyclic) bond motifs is 1. The number of carbonyl (C=O) groups excluding carboxylic acids is 1. The van der Waals surface area contributed by atoms with Crippen molar-refractivity contribution in [3.8, 4) is 5.75 Å². The highest BCUT2D eigenvalue weighted by molar-refractivity contribution is 5.74. The number of halogens is 1. The van der Waals surface area contributed by atoms with Crippen molar-refractivity contribution in [3.63, 3.8) is 0 Å². The average molecular weight is 338 g/mol. The Morgan fingerprint density at radius 1 is 1.46 bits per heavy atom. The van der Waals surface area contributed by atoms with Gasteiger partial charge in [-0.3, -0.25) is 0 Å². The molecule has 1 aliphatic heterocycles. The SMILES string of the molecule is CCCC(CCO)CNC(=O)NC1CCCOc2cc(F)ccc21. The lowest BCUT2D eigenvalue weighted by Gasteiger charge is -2.20. The van der Waals surface area contributed by atoms with Crippen LogP contribution in [-0.4, -0.2) is 30.9 Å². The number of nitrogens with one attached hydrogen (secondary N) is 2. The molecule has 0 saturated heterocycles. The van der Waals surface area contributed by atoms with Gasteiger partial charge >= 0.3 is 6.03 Å². The highest BCUT2D eigenvalue weighted by Gasteiger charge is 2.22. The molecule has 1 aromatic rings. The van der Waals surface area contributed by atoms with Gasteiger partial charge in [-0.1, -0.05) is 19.4 Å². The van der Waals surface area contributed by atoms with Crippen LogP contribution >= 0.6 is 0 Å². The maximum atomic E-state index is 13.4. The smallest absolute Gasteiger partial charge is 0.315 e. The van der Waals surface area contributed by atoms with Crippen molar-refractivity contribution in [2.75, 3.05) is 19.8 Å². The summed E-state index contributed by atoms with van der Waals surface area (Å²) in [5, 5.41) is 14.9. The first-order chi connectivity index (χ1) is 11.6. The van der Waals surface area contributed by atoms with E-state index in [1.54, 1.807) is 6.07 Å². The van der Waals surface area contributed by atoms with Gasteiger partial charge in [-0.05, 0) is 37.7 Å². The second kappa shape index (κ2) is 9.47. The zero-order valence-electron chi connectivity index (χ0n) is 14.2. The summed E-state index contributed by atoms with van der Waals surface area (Å²) >= 11 is 0. The predicted molar refractivity (Wildman–Crippen MR) is 90.5 cm³/mol. The van der Waals surface area contributed by atoms with Crippen LogP contribution in [0.15, 0.2) is 18.2 Å². The molecule has 2 atom stereocenters. The fourth-order valence-corrected chi connectivity index (χ4v) is 3.08. The second-order valence-electron chi connectivity index (χ2n) is 6.25. The molecule has 134 valence electrons. The van der Waals surface area contributed by atoms with E-state index in [0.717, 1.165) is 31.2 Å². The Bertz CT molecular complexity index is 533. The minimum absolute atomic E-state index is 0.132. The second-order valence-corrected chi connectivity index (χ2v) is 6.25. The quantitative estimate of drug-likeness (QED) is 0.715. The van der Waals surface area contributed by atoms with Gasteiger partial charge < -0.3 is 20.5 Å². The molecule has 2 rings (SSSR count). The van der Waals surface area contributed by atoms with E-state index in [-0.39, 0.29) is 30.4 Å². The van der Waals surface area contributed by atoms with E-state index >= 15 is 0 Å². The molecular weight excluding hydrogens is 311 g/mol. The molecule has 24 heavy (non-hydrogen) atoms. The molecule has 1 aromatic carbocycles. The minimum atomic E-state index is -0.342. The lowest BCUT2D eigenvalue weighted by atomic mass is 10.0. The van der Waals surface area contributed by atoms with E-state index in [1.165, 1.54) is 12.1 Å². The first kappa shape index (κ1) is 18.5. The summed E-state index contributed by atoms with van der Waals surface area (Å²) in [6, 6.07) is 4.00. The van der Waals surface area contributed by atoms with E-state index in [9.17, 15) is 9.18 Å². The summed E-state index contributed by atoms with van der Waals surface area (Å²) in [7, 11) is 0. The number of rotatable bonds is 7. The van der Waals surface area contributed by atoms with Crippen LogP contribution < -0.4 is 15.4 Å². The van der Waals surface area contributed by atoms with Crippen molar-refractivity contribution < 1.29 is 19.0 Å². The number of aliphatic hydroxyl groups excluding tert-OH is 1. The van der Waals surface area contributed by atoms with Crippen molar-refractivity contribution >= 4 is 6.03 Å². The lowest BCUT2D eigenvalue weighted by Crippen LogP contribution is -2.40. The molecule has 0 radical (unpaired) electrons. The lowest BCUT2D eigenvalue weighted by molar-refractivity contribution is 0.226. The summed E-state index contributed by atoms with van der Waals surface area (Å²) in [6.07, 6.45) is 4.23. The monoisotopic (exact) mass is 338 g/mol. The number of hydrogen-bond acceptors (Lipinski definition) is 3. The predicted octanol–water partition coefficient (Wildman–Crippen LogP) is 3.14. The largest absolute Gasteiger partial charge is 0.493 e. The van der Waals surface area contributed by atoms with E-state index in [2.05, 4.69) is 17.6 Å². The van der Waals surface area contributed by atoms with Crippen molar-refractivity contribution in [1.29, 1.82) is 0 Å². The summed E-state index contributed by atoms with van der Waals surface area (Å²) in [4.78, 5) is 12.2. The van der Waals surface area contributed by atoms with Crippen LogP contribution in [0.2, 0.25) is 0 Å². The molecule has 5 nitrogen and oxygen atoms in total. The molecule has 6 heteroatoms. The van der Waals surface area contributed by atoms with Crippen molar-refractivity contribution in [2.45, 2.75) is 45.1 Å². The van der Waals surface area contributed by atoms with Crippen LogP contribution in [0.1, 0.15) is 50.6 Å². The highest BCUT2D eigenvalue weighted by atomic mass is 19.1. The van der Waals surface area contributed by atoms with Crippen molar-refractivity contribution in [3.05, 3.63) is 29.6 Å². The van der Waals surface area contributed by atoms with Gasteiger partial charge in [0.25, 0.3) is 0 Å². The van der Waals surface area contributed by atoms with Gasteiger partial charge in [-0.15, -0.1) is 0 Å². The van der Waals surface area contributed by atoms with Crippen LogP contribution in [0.3, 0.4) is 0 Å². The third-order valence-electron chi connectivity index (χ3n) is 4.34. The van der Waals surface area contributed by atoms with E-state index < -0.39 is 0 Å². The number of aliphatic hydroxyl groups is 1. The van der Waals surface area contributed by atoms with E-state index in [0.29, 0.717) is 25.3 Å². The van der Waals surface area contributed by atoms with Gasteiger partial charge in [0.05, 0.1) is 12.6 Å². The Morgan fingerprint density at radius 3 is 3.04 bits per heavy atom. The Balaban J connectivity index is 1.94. The molecule has 1 heterocycles. The van der Waals surface area contributed by atoms with Crippen molar-refractivity contribution in [1.82, 2.24) is 10.6 Å². The van der Waals surface area contributed by atoms with Gasteiger partial charge in [0.15, 0.2) is 0 Å². The first-order valence-electron chi connectivity index (χ1n) is 8.71. The van der Waals surface area contributed by atoms with Crippen LogP contribution in [0, 0.1) is 11.7 Å². The summed E-state index contributed by atoms with van der Waals surface area (Å²) in [5.41, 5.74) is 0.810. The maximum absolute atomic E-state index is 13.4.